The van der Waals surface area contributed by atoms with Gasteiger partial charge in [0, 0.05) is 4.47 Å². The molecule has 0 atom stereocenters. The van der Waals surface area contributed by atoms with Crippen LogP contribution in [0.15, 0.2) is 28.7 Å². The first-order valence-electron chi connectivity index (χ1n) is 3.94. The van der Waals surface area contributed by atoms with E-state index in [-0.39, 0.29) is 5.91 Å². The van der Waals surface area contributed by atoms with Crippen molar-refractivity contribution >= 4 is 55.8 Å². The lowest BCUT2D eigenvalue weighted by Gasteiger charge is -2.16. The van der Waals surface area contributed by atoms with Gasteiger partial charge in [0.25, 0.3) is 0 Å². The summed E-state index contributed by atoms with van der Waals surface area (Å²) in [4.78, 5) is 13.1. The Morgan fingerprint density at radius 3 is 2.71 bits per heavy atom. The number of thioether (sulfide) groups is 1. The maximum atomic E-state index is 11.5. The number of hydrogen-bond donors (Lipinski definition) is 0. The Morgan fingerprint density at radius 1 is 1.43 bits per heavy atom. The molecule has 0 N–H and O–H groups in total. The van der Waals surface area contributed by atoms with Crippen molar-refractivity contribution in [3.63, 3.8) is 0 Å². The number of anilines is 1. The largest absolute Gasteiger partial charge is 0.273 e. The maximum Gasteiger partial charge on any atom is 0.243 e. The molecule has 2 nitrogen and oxygen atoms in total. The Balaban J connectivity index is 2.44. The summed E-state index contributed by atoms with van der Waals surface area (Å²) < 4.78 is 1.51. The zero-order chi connectivity index (χ0) is 10.1. The number of amides is 1. The van der Waals surface area contributed by atoms with Gasteiger partial charge in [-0.05, 0) is 28.1 Å². The van der Waals surface area contributed by atoms with Crippen molar-refractivity contribution in [2.75, 3.05) is 10.7 Å². The van der Waals surface area contributed by atoms with Crippen LogP contribution in [0.5, 0.6) is 0 Å². The van der Waals surface area contributed by atoms with Crippen LogP contribution in [0, 0.1) is 0 Å². The van der Waals surface area contributed by atoms with Crippen LogP contribution in [0.3, 0.4) is 0 Å². The smallest absolute Gasteiger partial charge is 0.243 e. The van der Waals surface area contributed by atoms with Gasteiger partial charge in [0.2, 0.25) is 5.91 Å². The molecule has 0 saturated carbocycles. The summed E-state index contributed by atoms with van der Waals surface area (Å²) in [5, 5.41) is 0. The van der Waals surface area contributed by atoms with Gasteiger partial charge < -0.3 is 0 Å². The van der Waals surface area contributed by atoms with Crippen molar-refractivity contribution in [3.05, 3.63) is 28.7 Å². The van der Waals surface area contributed by atoms with Crippen molar-refractivity contribution in [3.8, 4) is 0 Å². The third-order valence-electron chi connectivity index (χ3n) is 1.84. The highest BCUT2D eigenvalue weighted by Crippen LogP contribution is 2.32. The number of hydrogen-bond acceptors (Lipinski definition) is 3. The molecule has 2 rings (SSSR count). The fourth-order valence-electron chi connectivity index (χ4n) is 1.22. The van der Waals surface area contributed by atoms with Gasteiger partial charge in [-0.3, -0.25) is 9.69 Å². The van der Waals surface area contributed by atoms with Gasteiger partial charge in [-0.25, -0.2) is 0 Å². The molecule has 1 fully saturated rings. The Bertz CT molecular complexity index is 392. The molecule has 1 amide bonds. The molecule has 1 heterocycles. The molecule has 0 radical (unpaired) electrons. The Morgan fingerprint density at radius 2 is 2.14 bits per heavy atom. The lowest BCUT2D eigenvalue weighted by atomic mass is 10.3. The first-order valence-corrected chi connectivity index (χ1v) is 6.13. The van der Waals surface area contributed by atoms with Crippen LogP contribution >= 0.6 is 39.9 Å². The molecule has 1 aliphatic rings. The second-order valence-corrected chi connectivity index (χ2v) is 5.20. The predicted molar refractivity (Wildman–Crippen MR) is 66.7 cm³/mol. The molecule has 14 heavy (non-hydrogen) atoms. The van der Waals surface area contributed by atoms with Gasteiger partial charge in [-0.2, -0.15) is 0 Å². The quantitative estimate of drug-likeness (QED) is 0.741. The van der Waals surface area contributed by atoms with Gasteiger partial charge in [0.1, 0.15) is 4.32 Å². The van der Waals surface area contributed by atoms with Gasteiger partial charge >= 0.3 is 0 Å². The minimum absolute atomic E-state index is 0.0481. The van der Waals surface area contributed by atoms with E-state index in [1.165, 1.54) is 11.8 Å². The highest BCUT2D eigenvalue weighted by atomic mass is 79.9. The third kappa shape index (κ3) is 1.71. The van der Waals surface area contributed by atoms with E-state index in [4.69, 9.17) is 12.2 Å². The minimum atomic E-state index is 0.0481. The minimum Gasteiger partial charge on any atom is -0.273 e. The van der Waals surface area contributed by atoms with Gasteiger partial charge in [0.05, 0.1) is 11.4 Å². The predicted octanol–water partition coefficient (Wildman–Crippen LogP) is 2.81. The summed E-state index contributed by atoms with van der Waals surface area (Å²) in [6, 6.07) is 7.57. The van der Waals surface area contributed by atoms with E-state index >= 15 is 0 Å². The highest BCUT2D eigenvalue weighted by Gasteiger charge is 2.28. The van der Waals surface area contributed by atoms with Crippen LogP contribution in [-0.2, 0) is 4.79 Å². The van der Waals surface area contributed by atoms with Crippen molar-refractivity contribution in [1.29, 1.82) is 0 Å². The summed E-state index contributed by atoms with van der Waals surface area (Å²) in [6.45, 7) is 0. The van der Waals surface area contributed by atoms with E-state index in [0.29, 0.717) is 10.1 Å². The van der Waals surface area contributed by atoms with E-state index in [1.54, 1.807) is 4.90 Å². The summed E-state index contributed by atoms with van der Waals surface area (Å²) in [5.41, 5.74) is 0.826. The number of para-hydroxylation sites is 1. The zero-order valence-electron chi connectivity index (χ0n) is 7.07. The molecule has 0 spiro atoms. The van der Waals surface area contributed by atoms with Crippen LogP contribution in [0.4, 0.5) is 5.69 Å². The molecule has 0 unspecified atom stereocenters. The van der Waals surface area contributed by atoms with Crippen molar-refractivity contribution in [2.45, 2.75) is 0 Å². The molecular formula is C9H6BrNOS2. The molecule has 5 heteroatoms. The number of halogens is 1. The lowest BCUT2D eigenvalue weighted by molar-refractivity contribution is -0.115. The van der Waals surface area contributed by atoms with Crippen molar-refractivity contribution in [1.82, 2.24) is 0 Å². The Labute approximate surface area is 99.8 Å². The molecule has 0 aromatic heterocycles. The standard InChI is InChI=1S/C9H6BrNOS2/c10-6-3-1-2-4-7(6)11-8(12)5-14-9(11)13/h1-4H,5H2. The Hall–Kier alpha value is -0.390. The van der Waals surface area contributed by atoms with E-state index < -0.39 is 0 Å². The summed E-state index contributed by atoms with van der Waals surface area (Å²) in [6.07, 6.45) is 0. The van der Waals surface area contributed by atoms with E-state index in [2.05, 4.69) is 15.9 Å². The SMILES string of the molecule is O=C1CSC(=S)N1c1ccccc1Br. The fourth-order valence-corrected chi connectivity index (χ4v) is 2.76. The van der Waals surface area contributed by atoms with Gasteiger partial charge in [0.15, 0.2) is 0 Å². The molecule has 0 aliphatic carbocycles. The number of thiocarbonyl (C=S) groups is 1. The van der Waals surface area contributed by atoms with E-state index in [9.17, 15) is 4.79 Å². The number of benzene rings is 1. The molecule has 1 aliphatic heterocycles. The second-order valence-electron chi connectivity index (χ2n) is 2.74. The molecular weight excluding hydrogens is 282 g/mol. The Kier molecular flexibility index (Phi) is 2.90. The van der Waals surface area contributed by atoms with Crippen LogP contribution in [0.1, 0.15) is 0 Å². The average molecular weight is 288 g/mol. The number of carbonyl (C=O) groups excluding carboxylic acids is 1. The number of nitrogens with zero attached hydrogens (tertiary/aromatic N) is 1. The fraction of sp³-hybridized carbons (Fsp3) is 0.111. The van der Waals surface area contributed by atoms with Crippen LogP contribution in [-0.4, -0.2) is 16.0 Å². The topological polar surface area (TPSA) is 20.3 Å². The summed E-state index contributed by atoms with van der Waals surface area (Å²) in [5.74, 6) is 0.493. The van der Waals surface area contributed by atoms with Gasteiger partial charge in [-0.15, -0.1) is 0 Å². The third-order valence-corrected chi connectivity index (χ3v) is 3.87. The monoisotopic (exact) mass is 287 g/mol. The number of carbonyl (C=O) groups is 1. The van der Waals surface area contributed by atoms with Crippen molar-refractivity contribution < 1.29 is 4.79 Å². The molecule has 72 valence electrons. The maximum absolute atomic E-state index is 11.5. The average Bonchev–Trinajstić information content (AvgIpc) is 2.48. The molecule has 0 bridgehead atoms. The van der Waals surface area contributed by atoms with E-state index in [1.807, 2.05) is 24.3 Å². The lowest BCUT2D eigenvalue weighted by Crippen LogP contribution is -2.28. The van der Waals surface area contributed by atoms with E-state index in [0.717, 1.165) is 10.2 Å². The summed E-state index contributed by atoms with van der Waals surface area (Å²) >= 11 is 9.91. The molecule has 1 saturated heterocycles. The first kappa shape index (κ1) is 10.1. The van der Waals surface area contributed by atoms with Gasteiger partial charge in [-0.1, -0.05) is 36.1 Å². The molecule has 1 aromatic rings. The van der Waals surface area contributed by atoms with Crippen LogP contribution in [0.2, 0.25) is 0 Å². The second kappa shape index (κ2) is 4.00. The first-order chi connectivity index (χ1) is 6.70. The summed E-state index contributed by atoms with van der Waals surface area (Å²) in [7, 11) is 0. The normalized spacial score (nSPS) is 16.5. The van der Waals surface area contributed by atoms with Crippen molar-refractivity contribution in [2.24, 2.45) is 0 Å². The van der Waals surface area contributed by atoms with Crippen LogP contribution < -0.4 is 4.90 Å². The molecule has 1 aromatic carbocycles. The number of rotatable bonds is 1. The van der Waals surface area contributed by atoms with Crippen LogP contribution in [0.25, 0.3) is 0 Å². The zero-order valence-corrected chi connectivity index (χ0v) is 10.3. The highest BCUT2D eigenvalue weighted by molar-refractivity contribution is 9.10.